The van der Waals surface area contributed by atoms with Crippen LogP contribution in [0.15, 0.2) is 54.6 Å². The summed E-state index contributed by atoms with van der Waals surface area (Å²) in [6.07, 6.45) is 0. The van der Waals surface area contributed by atoms with Gasteiger partial charge >= 0.3 is 0 Å². The number of piperazine rings is 1. The number of aromatic nitrogens is 4. The minimum Gasteiger partial charge on any atom is -0.360 e. The maximum atomic E-state index is 6.64. The second kappa shape index (κ2) is 8.13. The molecule has 1 fully saturated rings. The molecule has 0 unspecified atom stereocenters. The molecule has 0 bridgehead atoms. The van der Waals surface area contributed by atoms with Gasteiger partial charge in [0, 0.05) is 11.3 Å². The van der Waals surface area contributed by atoms with Gasteiger partial charge in [-0.05, 0) is 49.4 Å². The van der Waals surface area contributed by atoms with Gasteiger partial charge in [-0.3, -0.25) is 0 Å². The van der Waals surface area contributed by atoms with Gasteiger partial charge in [0.05, 0.1) is 36.7 Å². The molecule has 152 valence electrons. The molecule has 1 saturated heterocycles. The number of hydrogen-bond acceptors (Lipinski definition) is 4. The summed E-state index contributed by atoms with van der Waals surface area (Å²) < 4.78 is 1.94. The summed E-state index contributed by atoms with van der Waals surface area (Å²) in [7, 11) is 0. The number of nitrogens with one attached hydrogen (secondary N) is 1. The lowest BCUT2D eigenvalue weighted by Gasteiger charge is -2.38. The maximum Gasteiger partial charge on any atom is 0.214 e. The number of nitrogens with zero attached hydrogens (tertiary/aromatic N) is 5. The number of rotatable bonds is 4. The van der Waals surface area contributed by atoms with Crippen LogP contribution >= 0.6 is 11.6 Å². The molecule has 0 amide bonds. The number of anilines is 1. The molecule has 2 heterocycles. The first-order valence-electron chi connectivity index (χ1n) is 10.1. The van der Waals surface area contributed by atoms with Gasteiger partial charge in [-0.25, -0.2) is 4.68 Å². The van der Waals surface area contributed by atoms with Crippen molar-refractivity contribution in [3.05, 3.63) is 71.0 Å². The first kappa shape index (κ1) is 19.9. The SMILES string of the molecule is CC(C)(C)n1nnnc1[C@H](c1ccccc1Cl)[NH+]1CCN(c2ccccc2)CC1. The number of benzene rings is 2. The van der Waals surface area contributed by atoms with E-state index in [2.05, 4.69) is 77.6 Å². The quantitative estimate of drug-likeness (QED) is 0.717. The van der Waals surface area contributed by atoms with E-state index in [-0.39, 0.29) is 11.6 Å². The Kier molecular flexibility index (Phi) is 5.56. The number of para-hydroxylation sites is 1. The van der Waals surface area contributed by atoms with Crippen molar-refractivity contribution in [3.8, 4) is 0 Å². The Balaban J connectivity index is 1.66. The lowest BCUT2D eigenvalue weighted by molar-refractivity contribution is -0.927. The van der Waals surface area contributed by atoms with Crippen molar-refractivity contribution in [1.29, 1.82) is 0 Å². The highest BCUT2D eigenvalue weighted by Gasteiger charge is 2.37. The van der Waals surface area contributed by atoms with Crippen molar-refractivity contribution in [3.63, 3.8) is 0 Å². The zero-order valence-electron chi connectivity index (χ0n) is 17.2. The van der Waals surface area contributed by atoms with Crippen LogP contribution in [0.5, 0.6) is 0 Å². The summed E-state index contributed by atoms with van der Waals surface area (Å²) >= 11 is 6.64. The Morgan fingerprint density at radius 1 is 0.966 bits per heavy atom. The fraction of sp³-hybridized carbons (Fsp3) is 0.409. The third-order valence-electron chi connectivity index (χ3n) is 5.54. The third-order valence-corrected chi connectivity index (χ3v) is 5.88. The zero-order chi connectivity index (χ0) is 20.4. The molecule has 0 spiro atoms. The molecule has 1 atom stereocenters. The first-order chi connectivity index (χ1) is 13.9. The number of quaternary nitrogens is 1. The summed E-state index contributed by atoms with van der Waals surface area (Å²) in [5.41, 5.74) is 2.15. The average Bonchev–Trinajstić information content (AvgIpc) is 3.21. The van der Waals surface area contributed by atoms with Gasteiger partial charge in [0.1, 0.15) is 0 Å². The van der Waals surface area contributed by atoms with E-state index in [1.54, 1.807) is 0 Å². The van der Waals surface area contributed by atoms with Crippen LogP contribution < -0.4 is 9.80 Å². The largest absolute Gasteiger partial charge is 0.360 e. The third kappa shape index (κ3) is 4.14. The molecular formula is C22H28ClN6+. The van der Waals surface area contributed by atoms with Crippen LogP contribution in [0.1, 0.15) is 38.2 Å². The second-order valence-corrected chi connectivity index (χ2v) is 8.96. The van der Waals surface area contributed by atoms with Crippen LogP contribution in [0.3, 0.4) is 0 Å². The molecule has 0 saturated carbocycles. The van der Waals surface area contributed by atoms with Crippen molar-refractivity contribution in [2.75, 3.05) is 31.1 Å². The summed E-state index contributed by atoms with van der Waals surface area (Å²) in [5, 5.41) is 13.6. The van der Waals surface area contributed by atoms with Gasteiger partial charge in [0.25, 0.3) is 0 Å². The van der Waals surface area contributed by atoms with Gasteiger partial charge in [-0.2, -0.15) is 0 Å². The first-order valence-corrected chi connectivity index (χ1v) is 10.5. The van der Waals surface area contributed by atoms with E-state index in [9.17, 15) is 0 Å². The lowest BCUT2D eigenvalue weighted by Crippen LogP contribution is -3.15. The molecule has 0 radical (unpaired) electrons. The Bertz CT molecular complexity index is 941. The van der Waals surface area contributed by atoms with E-state index in [1.165, 1.54) is 10.6 Å². The Hall–Kier alpha value is -2.44. The predicted octanol–water partition coefficient (Wildman–Crippen LogP) is 2.58. The second-order valence-electron chi connectivity index (χ2n) is 8.56. The van der Waals surface area contributed by atoms with E-state index >= 15 is 0 Å². The molecule has 0 aliphatic carbocycles. The summed E-state index contributed by atoms with van der Waals surface area (Å²) in [6, 6.07) is 18.7. The molecule has 3 aromatic rings. The molecule has 4 rings (SSSR count). The minimum atomic E-state index is -0.205. The van der Waals surface area contributed by atoms with Gasteiger partial charge in [-0.1, -0.05) is 48.0 Å². The van der Waals surface area contributed by atoms with Crippen molar-refractivity contribution in [1.82, 2.24) is 20.2 Å². The van der Waals surface area contributed by atoms with E-state index in [1.807, 2.05) is 22.9 Å². The standard InChI is InChI=1S/C22H27ClN6/c1-22(2,3)29-21(24-25-26-29)20(18-11-7-8-12-19(18)23)28-15-13-27(14-16-28)17-9-5-4-6-10-17/h4-12,20H,13-16H2,1-3H3/p+1/t20-/m0/s1. The van der Waals surface area contributed by atoms with E-state index in [4.69, 9.17) is 11.6 Å². The molecule has 1 N–H and O–H groups in total. The van der Waals surface area contributed by atoms with Crippen LogP contribution in [0.4, 0.5) is 5.69 Å². The normalized spacial score (nSPS) is 16.8. The lowest BCUT2D eigenvalue weighted by atomic mass is 10.0. The summed E-state index contributed by atoms with van der Waals surface area (Å²) in [6.45, 7) is 10.3. The highest BCUT2D eigenvalue weighted by atomic mass is 35.5. The molecular weight excluding hydrogens is 384 g/mol. The highest BCUT2D eigenvalue weighted by Crippen LogP contribution is 2.27. The van der Waals surface area contributed by atoms with Crippen molar-refractivity contribution in [2.24, 2.45) is 0 Å². The zero-order valence-corrected chi connectivity index (χ0v) is 18.0. The van der Waals surface area contributed by atoms with Crippen LogP contribution in [0.25, 0.3) is 0 Å². The molecule has 29 heavy (non-hydrogen) atoms. The summed E-state index contributed by atoms with van der Waals surface area (Å²) in [4.78, 5) is 3.88. The Labute approximate surface area is 177 Å². The fourth-order valence-electron chi connectivity index (χ4n) is 4.08. The van der Waals surface area contributed by atoms with Crippen molar-refractivity contribution in [2.45, 2.75) is 32.4 Å². The number of halogens is 1. The fourth-order valence-corrected chi connectivity index (χ4v) is 4.33. The molecule has 7 heteroatoms. The minimum absolute atomic E-state index is 0.00384. The van der Waals surface area contributed by atoms with Gasteiger partial charge in [0.15, 0.2) is 6.04 Å². The number of tetrazole rings is 1. The highest BCUT2D eigenvalue weighted by molar-refractivity contribution is 6.31. The molecule has 2 aromatic carbocycles. The van der Waals surface area contributed by atoms with Crippen molar-refractivity contribution >= 4 is 17.3 Å². The average molecular weight is 412 g/mol. The van der Waals surface area contributed by atoms with Crippen LogP contribution in [-0.4, -0.2) is 46.4 Å². The Morgan fingerprint density at radius 2 is 1.62 bits per heavy atom. The van der Waals surface area contributed by atoms with Crippen LogP contribution in [0, 0.1) is 0 Å². The van der Waals surface area contributed by atoms with Gasteiger partial charge in [0.2, 0.25) is 5.82 Å². The van der Waals surface area contributed by atoms with Crippen LogP contribution in [0.2, 0.25) is 5.02 Å². The molecule has 6 nitrogen and oxygen atoms in total. The van der Waals surface area contributed by atoms with Crippen molar-refractivity contribution < 1.29 is 4.90 Å². The van der Waals surface area contributed by atoms with E-state index < -0.39 is 0 Å². The topological polar surface area (TPSA) is 51.3 Å². The van der Waals surface area contributed by atoms with Crippen LogP contribution in [-0.2, 0) is 5.54 Å². The Morgan fingerprint density at radius 3 is 2.28 bits per heavy atom. The molecule has 1 aliphatic heterocycles. The smallest absolute Gasteiger partial charge is 0.214 e. The van der Waals surface area contributed by atoms with Gasteiger partial charge < -0.3 is 9.80 Å². The van der Waals surface area contributed by atoms with E-state index in [0.717, 1.165) is 42.6 Å². The molecule has 1 aliphatic rings. The van der Waals surface area contributed by atoms with Gasteiger partial charge in [-0.15, -0.1) is 5.10 Å². The maximum absolute atomic E-state index is 6.64. The predicted molar refractivity (Wildman–Crippen MR) is 115 cm³/mol. The van der Waals surface area contributed by atoms with E-state index in [0.29, 0.717) is 0 Å². The molecule has 1 aromatic heterocycles. The number of hydrogen-bond donors (Lipinski definition) is 1. The monoisotopic (exact) mass is 411 g/mol. The summed E-state index contributed by atoms with van der Waals surface area (Å²) in [5.74, 6) is 0.869.